The van der Waals surface area contributed by atoms with Crippen molar-refractivity contribution in [1.29, 1.82) is 0 Å². The highest BCUT2D eigenvalue weighted by atomic mass is 32.2. The van der Waals surface area contributed by atoms with Gasteiger partial charge < -0.3 is 5.32 Å². The van der Waals surface area contributed by atoms with Crippen LogP contribution in [0.4, 0.5) is 5.82 Å². The Morgan fingerprint density at radius 2 is 2.55 bits per heavy atom. The van der Waals surface area contributed by atoms with Crippen molar-refractivity contribution in [2.45, 2.75) is 0 Å². The van der Waals surface area contributed by atoms with Gasteiger partial charge in [-0.1, -0.05) is 0 Å². The third-order valence-electron chi connectivity index (χ3n) is 1.52. The van der Waals surface area contributed by atoms with Gasteiger partial charge in [0.2, 0.25) is 0 Å². The van der Waals surface area contributed by atoms with Crippen LogP contribution in [0.2, 0.25) is 0 Å². The van der Waals surface area contributed by atoms with Crippen LogP contribution < -0.4 is 5.32 Å². The second kappa shape index (κ2) is 2.58. The number of anilines is 1. The van der Waals surface area contributed by atoms with E-state index in [9.17, 15) is 4.79 Å². The number of carbonyl (C=O) groups is 1. The van der Waals surface area contributed by atoms with Gasteiger partial charge in [0.05, 0.1) is 23.4 Å². The molecule has 1 aliphatic heterocycles. The monoisotopic (exact) mass is 169 g/mol. The summed E-state index contributed by atoms with van der Waals surface area (Å²) in [5.41, 5.74) is 0.676. The predicted molar refractivity (Wildman–Crippen MR) is 43.9 cm³/mol. The van der Waals surface area contributed by atoms with Gasteiger partial charge in [-0.25, -0.2) is 0 Å². The second-order valence-electron chi connectivity index (χ2n) is 2.25. The summed E-state index contributed by atoms with van der Waals surface area (Å²) >= 11 is 1.58. The van der Waals surface area contributed by atoms with E-state index in [2.05, 4.69) is 15.5 Å². The molecular weight excluding hydrogens is 162 g/mol. The van der Waals surface area contributed by atoms with E-state index >= 15 is 0 Å². The van der Waals surface area contributed by atoms with Gasteiger partial charge in [-0.2, -0.15) is 5.10 Å². The molecule has 4 nitrogen and oxygen atoms in total. The number of aromatic nitrogens is 2. The number of carbonyl (C=O) groups excluding carboxylic acids is 1. The van der Waals surface area contributed by atoms with Crippen molar-refractivity contribution >= 4 is 23.4 Å². The average Bonchev–Trinajstić information content (AvgIpc) is 2.40. The van der Waals surface area contributed by atoms with Crippen LogP contribution in [0.15, 0.2) is 6.20 Å². The molecule has 0 unspecified atom stereocenters. The normalized spacial score (nSPS) is 16.9. The van der Waals surface area contributed by atoms with E-state index in [-0.39, 0.29) is 5.78 Å². The lowest BCUT2D eigenvalue weighted by atomic mass is 10.2. The van der Waals surface area contributed by atoms with E-state index in [1.54, 1.807) is 18.0 Å². The number of aromatic amines is 1. The van der Waals surface area contributed by atoms with Crippen LogP contribution in [0.3, 0.4) is 0 Å². The Bertz CT molecular complexity index is 283. The lowest BCUT2D eigenvalue weighted by Gasteiger charge is -1.96. The predicted octanol–water partition coefficient (Wildman–Crippen LogP) is 0.709. The highest BCUT2D eigenvalue weighted by Gasteiger charge is 2.16. The summed E-state index contributed by atoms with van der Waals surface area (Å²) in [6.07, 6.45) is 1.57. The maximum Gasteiger partial charge on any atom is 0.178 e. The van der Waals surface area contributed by atoms with Gasteiger partial charge in [-0.3, -0.25) is 9.89 Å². The molecule has 0 fully saturated rings. The fourth-order valence-electron chi connectivity index (χ4n) is 0.977. The first-order chi connectivity index (χ1) is 5.38. The fraction of sp³-hybridized carbons (Fsp3) is 0.333. The van der Waals surface area contributed by atoms with Gasteiger partial charge in [0, 0.05) is 0 Å². The molecule has 1 aromatic heterocycles. The molecule has 1 aliphatic rings. The molecule has 0 atom stereocenters. The first kappa shape index (κ1) is 6.72. The molecule has 11 heavy (non-hydrogen) atoms. The largest absolute Gasteiger partial charge is 0.361 e. The third kappa shape index (κ3) is 1.11. The van der Waals surface area contributed by atoms with Crippen molar-refractivity contribution in [3.63, 3.8) is 0 Å². The molecule has 2 N–H and O–H groups in total. The minimum atomic E-state index is 0.142. The van der Waals surface area contributed by atoms with Gasteiger partial charge in [0.25, 0.3) is 0 Å². The van der Waals surface area contributed by atoms with E-state index in [0.717, 1.165) is 11.7 Å². The summed E-state index contributed by atoms with van der Waals surface area (Å²) in [5, 5.41) is 9.57. The zero-order valence-electron chi connectivity index (χ0n) is 5.76. The summed E-state index contributed by atoms with van der Waals surface area (Å²) in [6, 6.07) is 0. The third-order valence-corrected chi connectivity index (χ3v) is 2.34. The molecule has 0 radical (unpaired) electrons. The van der Waals surface area contributed by atoms with E-state index in [4.69, 9.17) is 0 Å². The highest BCUT2D eigenvalue weighted by molar-refractivity contribution is 8.00. The molecule has 5 heteroatoms. The van der Waals surface area contributed by atoms with Crippen LogP contribution in [0.5, 0.6) is 0 Å². The lowest BCUT2D eigenvalue weighted by Crippen LogP contribution is -1.99. The number of Topliss-reactive ketones (excluding diaryl/α,β-unsaturated/α-hetero) is 1. The van der Waals surface area contributed by atoms with E-state index < -0.39 is 0 Å². The minimum absolute atomic E-state index is 0.142. The number of H-pyrrole nitrogens is 1. The molecule has 2 heterocycles. The van der Waals surface area contributed by atoms with Crippen molar-refractivity contribution in [3.8, 4) is 0 Å². The average molecular weight is 169 g/mol. The number of ketones is 1. The SMILES string of the molecule is O=C1CSCNc2[nH]ncc21. The Balaban J connectivity index is 2.41. The van der Waals surface area contributed by atoms with Crippen molar-refractivity contribution in [3.05, 3.63) is 11.8 Å². The van der Waals surface area contributed by atoms with Gasteiger partial charge in [0.1, 0.15) is 5.82 Å². The smallest absolute Gasteiger partial charge is 0.178 e. The minimum Gasteiger partial charge on any atom is -0.361 e. The molecular formula is C6H7N3OS. The lowest BCUT2D eigenvalue weighted by molar-refractivity contribution is 0.102. The highest BCUT2D eigenvalue weighted by Crippen LogP contribution is 2.18. The maximum absolute atomic E-state index is 11.2. The van der Waals surface area contributed by atoms with Crippen LogP contribution in [0.25, 0.3) is 0 Å². The molecule has 58 valence electrons. The van der Waals surface area contributed by atoms with E-state index in [1.807, 2.05) is 0 Å². The van der Waals surface area contributed by atoms with E-state index in [1.165, 1.54) is 0 Å². The molecule has 0 aromatic carbocycles. The van der Waals surface area contributed by atoms with Crippen molar-refractivity contribution < 1.29 is 4.79 Å². The summed E-state index contributed by atoms with van der Waals surface area (Å²) < 4.78 is 0. The van der Waals surface area contributed by atoms with Crippen molar-refractivity contribution in [1.82, 2.24) is 10.2 Å². The first-order valence-corrected chi connectivity index (χ1v) is 4.41. The Hall–Kier alpha value is -0.970. The number of fused-ring (bicyclic) bond motifs is 1. The van der Waals surface area contributed by atoms with Crippen LogP contribution in [-0.4, -0.2) is 27.6 Å². The molecule has 2 rings (SSSR count). The summed E-state index contributed by atoms with van der Waals surface area (Å²) in [6.45, 7) is 0. The molecule has 0 bridgehead atoms. The zero-order valence-corrected chi connectivity index (χ0v) is 6.57. The standard InChI is InChI=1S/C6H7N3OS/c10-5-2-11-3-7-6-4(5)1-8-9-6/h1H,2-3H2,(H2,7,8,9). The molecule has 0 saturated carbocycles. The fourth-order valence-corrected chi connectivity index (χ4v) is 1.67. The zero-order chi connectivity index (χ0) is 7.68. The Kier molecular flexibility index (Phi) is 1.58. The number of hydrogen-bond acceptors (Lipinski definition) is 4. The molecule has 0 saturated heterocycles. The van der Waals surface area contributed by atoms with E-state index in [0.29, 0.717) is 11.3 Å². The summed E-state index contributed by atoms with van der Waals surface area (Å²) in [5.74, 6) is 2.20. The number of hydrogen-bond donors (Lipinski definition) is 2. The Morgan fingerprint density at radius 3 is 3.45 bits per heavy atom. The topological polar surface area (TPSA) is 57.8 Å². The van der Waals surface area contributed by atoms with Gasteiger partial charge in [0.15, 0.2) is 5.78 Å². The quantitative estimate of drug-likeness (QED) is 0.600. The molecule has 0 aliphatic carbocycles. The molecule has 0 spiro atoms. The second-order valence-corrected chi connectivity index (χ2v) is 3.24. The Morgan fingerprint density at radius 1 is 1.64 bits per heavy atom. The van der Waals surface area contributed by atoms with Crippen LogP contribution in [0.1, 0.15) is 10.4 Å². The Labute approximate surface area is 67.8 Å². The van der Waals surface area contributed by atoms with Gasteiger partial charge in [-0.15, -0.1) is 11.8 Å². The number of rotatable bonds is 0. The number of nitrogens with one attached hydrogen (secondary N) is 2. The maximum atomic E-state index is 11.2. The van der Waals surface area contributed by atoms with Crippen LogP contribution in [-0.2, 0) is 0 Å². The summed E-state index contributed by atoms with van der Waals surface area (Å²) in [7, 11) is 0. The van der Waals surface area contributed by atoms with Crippen molar-refractivity contribution in [2.75, 3.05) is 16.9 Å². The van der Waals surface area contributed by atoms with Crippen molar-refractivity contribution in [2.24, 2.45) is 0 Å². The molecule has 0 amide bonds. The van der Waals surface area contributed by atoms with Gasteiger partial charge >= 0.3 is 0 Å². The summed E-state index contributed by atoms with van der Waals surface area (Å²) in [4.78, 5) is 11.2. The van der Waals surface area contributed by atoms with Gasteiger partial charge in [-0.05, 0) is 0 Å². The van der Waals surface area contributed by atoms with Crippen LogP contribution >= 0.6 is 11.8 Å². The van der Waals surface area contributed by atoms with Crippen LogP contribution in [0, 0.1) is 0 Å². The number of nitrogens with zero attached hydrogens (tertiary/aromatic N) is 1. The molecule has 1 aromatic rings. The number of thioether (sulfide) groups is 1. The first-order valence-electron chi connectivity index (χ1n) is 3.26.